The fourth-order valence-electron chi connectivity index (χ4n) is 1.29. The van der Waals surface area contributed by atoms with Crippen LogP contribution in [0.1, 0.15) is 23.8 Å². The first-order chi connectivity index (χ1) is 8.54. The average Bonchev–Trinajstić information content (AvgIpc) is 2.35. The van der Waals surface area contributed by atoms with Gasteiger partial charge in [0.15, 0.2) is 0 Å². The summed E-state index contributed by atoms with van der Waals surface area (Å²) in [7, 11) is 1.31. The van der Waals surface area contributed by atoms with Crippen LogP contribution in [0, 0.1) is 0 Å². The first-order valence-electron chi connectivity index (χ1n) is 5.64. The first kappa shape index (κ1) is 14.3. The molecule has 0 aromatic carbocycles. The Labute approximate surface area is 104 Å². The van der Waals surface area contributed by atoms with Crippen LogP contribution >= 0.6 is 0 Å². The van der Waals surface area contributed by atoms with Crippen molar-refractivity contribution in [2.75, 3.05) is 25.5 Å². The molecule has 0 unspecified atom stereocenters. The van der Waals surface area contributed by atoms with Crippen LogP contribution in [0.5, 0.6) is 0 Å². The van der Waals surface area contributed by atoms with E-state index in [4.69, 9.17) is 0 Å². The quantitative estimate of drug-likeness (QED) is 0.842. The number of halogens is 2. The minimum absolute atomic E-state index is 0.0549. The van der Waals surface area contributed by atoms with Crippen molar-refractivity contribution in [2.24, 2.45) is 0 Å². The van der Waals surface area contributed by atoms with E-state index in [0.717, 1.165) is 11.3 Å². The zero-order valence-corrected chi connectivity index (χ0v) is 10.4. The minimum Gasteiger partial charge on any atom is -0.369 e. The van der Waals surface area contributed by atoms with Crippen molar-refractivity contribution in [2.45, 2.75) is 19.8 Å². The highest BCUT2D eigenvalue weighted by Crippen LogP contribution is 2.06. The van der Waals surface area contributed by atoms with Crippen LogP contribution < -0.4 is 5.32 Å². The predicted octanol–water partition coefficient (Wildman–Crippen LogP) is 1.64. The molecule has 1 amide bonds. The topological polar surface area (TPSA) is 58.1 Å². The highest BCUT2D eigenvalue weighted by Gasteiger charge is 2.17. The van der Waals surface area contributed by atoms with E-state index in [2.05, 4.69) is 15.3 Å². The molecule has 0 aliphatic heterocycles. The fourth-order valence-corrected chi connectivity index (χ4v) is 1.29. The molecule has 1 heterocycles. The summed E-state index contributed by atoms with van der Waals surface area (Å²) >= 11 is 0. The summed E-state index contributed by atoms with van der Waals surface area (Å²) in [6, 6.07) is 0. The lowest BCUT2D eigenvalue weighted by molar-refractivity contribution is 0.0615. The van der Waals surface area contributed by atoms with Crippen LogP contribution in [0.3, 0.4) is 0 Å². The largest absolute Gasteiger partial charge is 0.369 e. The van der Waals surface area contributed by atoms with Gasteiger partial charge >= 0.3 is 0 Å². The molecule has 0 fully saturated rings. The third-order valence-electron chi connectivity index (χ3n) is 2.17. The number of rotatable bonds is 6. The van der Waals surface area contributed by atoms with Crippen LogP contribution in [-0.4, -0.2) is 47.3 Å². The number of alkyl halides is 2. The van der Waals surface area contributed by atoms with Gasteiger partial charge in [-0.3, -0.25) is 9.78 Å². The van der Waals surface area contributed by atoms with Gasteiger partial charge in [0.05, 0.1) is 18.9 Å². The van der Waals surface area contributed by atoms with Crippen molar-refractivity contribution < 1.29 is 13.6 Å². The number of hydrogen-bond acceptors (Lipinski definition) is 4. The van der Waals surface area contributed by atoms with Crippen LogP contribution in [-0.2, 0) is 0 Å². The Hall–Kier alpha value is -1.79. The maximum atomic E-state index is 12.2. The Morgan fingerprint density at radius 3 is 2.83 bits per heavy atom. The lowest BCUT2D eigenvalue weighted by Crippen LogP contribution is -2.32. The molecule has 7 heteroatoms. The average molecular weight is 258 g/mol. The SMILES string of the molecule is CCCNc1cncc(C(=O)N(C)CC(F)F)n1. The second-order valence-electron chi connectivity index (χ2n) is 3.79. The molecule has 1 aromatic rings. The number of nitrogens with zero attached hydrogens (tertiary/aromatic N) is 3. The van der Waals surface area contributed by atoms with E-state index in [1.54, 1.807) is 0 Å². The van der Waals surface area contributed by atoms with Crippen molar-refractivity contribution in [1.29, 1.82) is 0 Å². The lowest BCUT2D eigenvalue weighted by atomic mass is 10.3. The predicted molar refractivity (Wildman–Crippen MR) is 63.8 cm³/mol. The van der Waals surface area contributed by atoms with E-state index in [1.807, 2.05) is 6.92 Å². The van der Waals surface area contributed by atoms with Gasteiger partial charge < -0.3 is 10.2 Å². The van der Waals surface area contributed by atoms with Gasteiger partial charge in [0.2, 0.25) is 0 Å². The molecule has 18 heavy (non-hydrogen) atoms. The molecule has 0 saturated carbocycles. The number of anilines is 1. The second kappa shape index (κ2) is 6.83. The lowest BCUT2D eigenvalue weighted by Gasteiger charge is -2.16. The normalized spacial score (nSPS) is 10.5. The zero-order valence-electron chi connectivity index (χ0n) is 10.4. The van der Waals surface area contributed by atoms with Crippen molar-refractivity contribution in [1.82, 2.24) is 14.9 Å². The zero-order chi connectivity index (χ0) is 13.5. The second-order valence-corrected chi connectivity index (χ2v) is 3.79. The standard InChI is InChI=1S/C11H16F2N4O/c1-3-4-15-10-6-14-5-8(16-10)11(18)17(2)7-9(12)13/h5-6,9H,3-4,7H2,1-2H3,(H,15,16). The molecule has 0 radical (unpaired) electrons. The van der Waals surface area contributed by atoms with Gasteiger partial charge in [-0.1, -0.05) is 6.92 Å². The maximum absolute atomic E-state index is 12.2. The van der Waals surface area contributed by atoms with Crippen molar-refractivity contribution >= 4 is 11.7 Å². The van der Waals surface area contributed by atoms with Gasteiger partial charge in [-0.05, 0) is 6.42 Å². The molecule has 1 N–H and O–H groups in total. The van der Waals surface area contributed by atoms with Crippen LogP contribution in [0.2, 0.25) is 0 Å². The van der Waals surface area contributed by atoms with Gasteiger partial charge in [-0.2, -0.15) is 0 Å². The number of amides is 1. The number of carbonyl (C=O) groups is 1. The van der Waals surface area contributed by atoms with Gasteiger partial charge in [0.1, 0.15) is 11.5 Å². The van der Waals surface area contributed by atoms with Crippen LogP contribution in [0.15, 0.2) is 12.4 Å². The Bertz CT molecular complexity index is 400. The molecule has 0 spiro atoms. The molecule has 0 saturated heterocycles. The van der Waals surface area contributed by atoms with Gasteiger partial charge in [0, 0.05) is 13.6 Å². The van der Waals surface area contributed by atoms with Gasteiger partial charge in [-0.25, -0.2) is 13.8 Å². The van der Waals surface area contributed by atoms with E-state index in [9.17, 15) is 13.6 Å². The van der Waals surface area contributed by atoms with Gasteiger partial charge in [-0.15, -0.1) is 0 Å². The molecule has 0 aliphatic rings. The van der Waals surface area contributed by atoms with E-state index < -0.39 is 18.9 Å². The Kier molecular flexibility index (Phi) is 5.41. The van der Waals surface area contributed by atoms with Crippen molar-refractivity contribution in [3.63, 3.8) is 0 Å². The molecule has 1 rings (SSSR count). The number of carbonyl (C=O) groups excluding carboxylic acids is 1. The molecule has 100 valence electrons. The van der Waals surface area contributed by atoms with Gasteiger partial charge in [0.25, 0.3) is 12.3 Å². The molecule has 0 aliphatic carbocycles. The fraction of sp³-hybridized carbons (Fsp3) is 0.545. The number of aromatic nitrogens is 2. The molecular formula is C11H16F2N4O. The van der Waals surface area contributed by atoms with E-state index >= 15 is 0 Å². The smallest absolute Gasteiger partial charge is 0.274 e. The number of hydrogen-bond donors (Lipinski definition) is 1. The summed E-state index contributed by atoms with van der Waals surface area (Å²) < 4.78 is 24.3. The maximum Gasteiger partial charge on any atom is 0.274 e. The summed E-state index contributed by atoms with van der Waals surface area (Å²) in [6.07, 6.45) is 1.10. The first-order valence-corrected chi connectivity index (χ1v) is 5.64. The highest BCUT2D eigenvalue weighted by atomic mass is 19.3. The minimum atomic E-state index is -2.56. The van der Waals surface area contributed by atoms with Crippen molar-refractivity contribution in [3.05, 3.63) is 18.1 Å². The van der Waals surface area contributed by atoms with E-state index in [1.165, 1.54) is 19.4 Å². The summed E-state index contributed by atoms with van der Waals surface area (Å²) in [5, 5.41) is 2.98. The van der Waals surface area contributed by atoms with Crippen molar-refractivity contribution in [3.8, 4) is 0 Å². The summed E-state index contributed by atoms with van der Waals surface area (Å²) in [6.45, 7) is 2.08. The molecule has 5 nitrogen and oxygen atoms in total. The Balaban J connectivity index is 2.73. The number of nitrogens with one attached hydrogen (secondary N) is 1. The Morgan fingerprint density at radius 2 is 2.22 bits per heavy atom. The molecule has 0 bridgehead atoms. The molecular weight excluding hydrogens is 242 g/mol. The third-order valence-corrected chi connectivity index (χ3v) is 2.17. The summed E-state index contributed by atoms with van der Waals surface area (Å²) in [5.74, 6) is -0.101. The van der Waals surface area contributed by atoms with E-state index in [0.29, 0.717) is 12.4 Å². The third kappa shape index (κ3) is 4.23. The Morgan fingerprint density at radius 1 is 1.50 bits per heavy atom. The highest BCUT2D eigenvalue weighted by molar-refractivity contribution is 5.92. The van der Waals surface area contributed by atoms with Crippen LogP contribution in [0.25, 0.3) is 0 Å². The monoisotopic (exact) mass is 258 g/mol. The van der Waals surface area contributed by atoms with E-state index in [-0.39, 0.29) is 5.69 Å². The molecule has 0 atom stereocenters. The summed E-state index contributed by atoms with van der Waals surface area (Å²) in [4.78, 5) is 20.6. The summed E-state index contributed by atoms with van der Waals surface area (Å²) in [5.41, 5.74) is 0.0549. The molecule has 1 aromatic heterocycles. The van der Waals surface area contributed by atoms with Crippen LogP contribution in [0.4, 0.5) is 14.6 Å².